The summed E-state index contributed by atoms with van der Waals surface area (Å²) in [4.78, 5) is 0. The molecule has 3 heteroatoms. The van der Waals surface area contributed by atoms with Crippen LogP contribution >= 0.6 is 0 Å². The highest BCUT2D eigenvalue weighted by Crippen LogP contribution is 2.32. The van der Waals surface area contributed by atoms with Crippen molar-refractivity contribution in [3.8, 4) is 5.75 Å². The van der Waals surface area contributed by atoms with E-state index in [2.05, 4.69) is 32.2 Å². The zero-order chi connectivity index (χ0) is 13.7. The molecular weight excluding hydrogens is 226 g/mol. The average Bonchev–Trinajstić information content (AvgIpc) is 2.34. The smallest absolute Gasteiger partial charge is 0.122 e. The molecule has 1 atom stereocenters. The van der Waals surface area contributed by atoms with Crippen molar-refractivity contribution in [2.45, 2.75) is 26.7 Å². The van der Waals surface area contributed by atoms with Crippen molar-refractivity contribution in [3.05, 3.63) is 28.3 Å². The molecule has 1 aromatic carbocycles. The van der Waals surface area contributed by atoms with E-state index in [1.807, 2.05) is 7.05 Å². The molecule has 1 unspecified atom stereocenters. The van der Waals surface area contributed by atoms with Crippen LogP contribution in [-0.2, 0) is 4.74 Å². The van der Waals surface area contributed by atoms with E-state index in [9.17, 15) is 0 Å². The van der Waals surface area contributed by atoms with Crippen molar-refractivity contribution in [2.24, 2.45) is 0 Å². The van der Waals surface area contributed by atoms with E-state index in [0.29, 0.717) is 5.92 Å². The maximum atomic E-state index is 5.41. The fourth-order valence-electron chi connectivity index (χ4n) is 2.60. The molecule has 0 heterocycles. The van der Waals surface area contributed by atoms with Gasteiger partial charge in [-0.3, -0.25) is 0 Å². The predicted molar refractivity (Wildman–Crippen MR) is 75.7 cm³/mol. The lowest BCUT2D eigenvalue weighted by Crippen LogP contribution is -2.23. The number of likely N-dealkylation sites (N-methyl/N-ethyl adjacent to an activating group) is 1. The highest BCUT2D eigenvalue weighted by molar-refractivity contribution is 5.49. The summed E-state index contributed by atoms with van der Waals surface area (Å²) in [5.41, 5.74) is 5.18. The summed E-state index contributed by atoms with van der Waals surface area (Å²) in [6.45, 7) is 8.07. The van der Waals surface area contributed by atoms with Crippen LogP contribution in [0.4, 0.5) is 0 Å². The van der Waals surface area contributed by atoms with Crippen molar-refractivity contribution < 1.29 is 9.47 Å². The van der Waals surface area contributed by atoms with Gasteiger partial charge in [0.15, 0.2) is 0 Å². The average molecular weight is 251 g/mol. The third kappa shape index (κ3) is 3.03. The van der Waals surface area contributed by atoms with Crippen LogP contribution < -0.4 is 10.1 Å². The molecule has 1 rings (SSSR count). The van der Waals surface area contributed by atoms with Crippen LogP contribution in [0.1, 0.15) is 28.2 Å². The molecule has 1 aromatic rings. The second-order valence-electron chi connectivity index (χ2n) is 4.77. The molecule has 0 amide bonds. The molecule has 0 aromatic heterocycles. The Morgan fingerprint density at radius 3 is 2.33 bits per heavy atom. The Bertz CT molecular complexity index is 396. The van der Waals surface area contributed by atoms with E-state index in [0.717, 1.165) is 18.9 Å². The molecular formula is C15H25NO2. The van der Waals surface area contributed by atoms with E-state index in [1.165, 1.54) is 22.3 Å². The second kappa shape index (κ2) is 6.76. The number of hydrogen-bond acceptors (Lipinski definition) is 3. The molecule has 0 aliphatic rings. The lowest BCUT2D eigenvalue weighted by atomic mass is 9.88. The number of aryl methyl sites for hydroxylation is 1. The van der Waals surface area contributed by atoms with E-state index < -0.39 is 0 Å². The van der Waals surface area contributed by atoms with Crippen LogP contribution in [0.5, 0.6) is 5.75 Å². The zero-order valence-corrected chi connectivity index (χ0v) is 12.4. The molecule has 0 fully saturated rings. The van der Waals surface area contributed by atoms with Crippen molar-refractivity contribution >= 4 is 0 Å². The second-order valence-corrected chi connectivity index (χ2v) is 4.77. The lowest BCUT2D eigenvalue weighted by molar-refractivity contribution is 0.178. The van der Waals surface area contributed by atoms with E-state index >= 15 is 0 Å². The first-order chi connectivity index (χ1) is 8.56. The van der Waals surface area contributed by atoms with Gasteiger partial charge in [0.2, 0.25) is 0 Å². The lowest BCUT2D eigenvalue weighted by Gasteiger charge is -2.23. The molecule has 0 spiro atoms. The number of hydrogen-bond donors (Lipinski definition) is 1. The maximum absolute atomic E-state index is 5.41. The maximum Gasteiger partial charge on any atom is 0.122 e. The fourth-order valence-corrected chi connectivity index (χ4v) is 2.60. The number of benzene rings is 1. The zero-order valence-electron chi connectivity index (χ0n) is 12.4. The van der Waals surface area contributed by atoms with Crippen molar-refractivity contribution in [1.29, 1.82) is 0 Å². The van der Waals surface area contributed by atoms with Gasteiger partial charge < -0.3 is 14.8 Å². The molecule has 3 nitrogen and oxygen atoms in total. The minimum atomic E-state index is 0.379. The van der Waals surface area contributed by atoms with E-state index in [-0.39, 0.29) is 0 Å². The van der Waals surface area contributed by atoms with Crippen LogP contribution in [0.3, 0.4) is 0 Å². The Morgan fingerprint density at radius 1 is 1.17 bits per heavy atom. The molecule has 0 radical (unpaired) electrons. The highest BCUT2D eigenvalue weighted by atomic mass is 16.5. The Morgan fingerprint density at radius 2 is 1.83 bits per heavy atom. The summed E-state index contributed by atoms with van der Waals surface area (Å²) < 4.78 is 10.8. The molecule has 0 aliphatic heterocycles. The predicted octanol–water partition coefficient (Wildman–Crippen LogP) is 2.57. The van der Waals surface area contributed by atoms with Crippen LogP contribution in [0.2, 0.25) is 0 Å². The third-order valence-corrected chi connectivity index (χ3v) is 3.56. The largest absolute Gasteiger partial charge is 0.496 e. The summed E-state index contributed by atoms with van der Waals surface area (Å²) in [7, 11) is 5.45. The van der Waals surface area contributed by atoms with Gasteiger partial charge in [0.1, 0.15) is 5.75 Å². The van der Waals surface area contributed by atoms with Crippen LogP contribution in [0, 0.1) is 20.8 Å². The Balaban J connectivity index is 3.25. The van der Waals surface area contributed by atoms with Gasteiger partial charge in [-0.25, -0.2) is 0 Å². The fraction of sp³-hybridized carbons (Fsp3) is 0.600. The first kappa shape index (κ1) is 15.0. The van der Waals surface area contributed by atoms with Crippen molar-refractivity contribution in [3.63, 3.8) is 0 Å². The normalized spacial score (nSPS) is 12.6. The Labute approximate surface area is 110 Å². The van der Waals surface area contributed by atoms with Crippen molar-refractivity contribution in [1.82, 2.24) is 5.32 Å². The molecule has 0 saturated heterocycles. The summed E-state index contributed by atoms with van der Waals surface area (Å²) in [5, 5.41) is 3.24. The highest BCUT2D eigenvalue weighted by Gasteiger charge is 2.18. The third-order valence-electron chi connectivity index (χ3n) is 3.56. The van der Waals surface area contributed by atoms with Gasteiger partial charge in [0.05, 0.1) is 13.7 Å². The SMILES string of the molecule is CNCC(COC)c1c(C)cc(OC)c(C)c1C. The van der Waals surface area contributed by atoms with Gasteiger partial charge in [-0.1, -0.05) is 0 Å². The van der Waals surface area contributed by atoms with E-state index in [4.69, 9.17) is 9.47 Å². The van der Waals surface area contributed by atoms with Gasteiger partial charge >= 0.3 is 0 Å². The molecule has 0 aliphatic carbocycles. The standard InChI is InChI=1S/C15H25NO2/c1-10-7-14(18-6)11(2)12(3)15(10)13(8-16-4)9-17-5/h7,13,16H,8-9H2,1-6H3. The number of rotatable bonds is 6. The van der Waals surface area contributed by atoms with Crippen LogP contribution in [-0.4, -0.2) is 34.4 Å². The Kier molecular flexibility index (Phi) is 5.63. The number of ether oxygens (including phenoxy) is 2. The van der Waals surface area contributed by atoms with Crippen molar-refractivity contribution in [2.75, 3.05) is 34.4 Å². The summed E-state index contributed by atoms with van der Waals surface area (Å²) in [6, 6.07) is 2.12. The van der Waals surface area contributed by atoms with Gasteiger partial charge in [-0.15, -0.1) is 0 Å². The van der Waals surface area contributed by atoms with E-state index in [1.54, 1.807) is 14.2 Å². The van der Waals surface area contributed by atoms with Crippen LogP contribution in [0.25, 0.3) is 0 Å². The minimum Gasteiger partial charge on any atom is -0.496 e. The molecule has 18 heavy (non-hydrogen) atoms. The molecule has 102 valence electrons. The first-order valence-electron chi connectivity index (χ1n) is 6.35. The monoisotopic (exact) mass is 251 g/mol. The van der Waals surface area contributed by atoms with Crippen LogP contribution in [0.15, 0.2) is 6.07 Å². The van der Waals surface area contributed by atoms with Gasteiger partial charge in [0, 0.05) is 19.6 Å². The molecule has 0 saturated carbocycles. The molecule has 1 N–H and O–H groups in total. The van der Waals surface area contributed by atoms with Gasteiger partial charge in [-0.2, -0.15) is 0 Å². The Hall–Kier alpha value is -1.06. The quantitative estimate of drug-likeness (QED) is 0.843. The summed E-state index contributed by atoms with van der Waals surface area (Å²) >= 11 is 0. The van der Waals surface area contributed by atoms with Gasteiger partial charge in [0.25, 0.3) is 0 Å². The number of methoxy groups -OCH3 is 2. The summed E-state index contributed by atoms with van der Waals surface area (Å²) in [5.74, 6) is 1.35. The summed E-state index contributed by atoms with van der Waals surface area (Å²) in [6.07, 6.45) is 0. The topological polar surface area (TPSA) is 30.5 Å². The number of nitrogens with one attached hydrogen (secondary N) is 1. The first-order valence-corrected chi connectivity index (χ1v) is 6.35. The molecule has 0 bridgehead atoms. The van der Waals surface area contributed by atoms with Gasteiger partial charge in [-0.05, 0) is 56.1 Å². The minimum absolute atomic E-state index is 0.379.